The van der Waals surface area contributed by atoms with E-state index in [1.54, 1.807) is 6.07 Å². The van der Waals surface area contributed by atoms with Crippen LogP contribution in [0.5, 0.6) is 5.75 Å². The molecule has 0 bridgehead atoms. The zero-order valence-corrected chi connectivity index (χ0v) is 5.62. The Morgan fingerprint density at radius 2 is 2.20 bits per heavy atom. The third kappa shape index (κ3) is 0.991. The van der Waals surface area contributed by atoms with Gasteiger partial charge in [0.1, 0.15) is 5.75 Å². The second kappa shape index (κ2) is 2.01. The molecule has 2 rings (SSSR count). The van der Waals surface area contributed by atoms with E-state index in [9.17, 15) is 0 Å². The number of hydrogen-bond donors (Lipinski definition) is 1. The summed E-state index contributed by atoms with van der Waals surface area (Å²) in [7, 11) is 0. The SMILES string of the molecule is Oc1cccc(C2[CH]C2)c1. The molecule has 0 amide bonds. The summed E-state index contributed by atoms with van der Waals surface area (Å²) in [5.41, 5.74) is 1.24. The highest BCUT2D eigenvalue weighted by molar-refractivity contribution is 5.35. The Bertz CT molecular complexity index is 238. The molecule has 1 aliphatic carbocycles. The first-order chi connectivity index (χ1) is 4.86. The summed E-state index contributed by atoms with van der Waals surface area (Å²) in [5.74, 6) is 0.991. The molecule has 1 radical (unpaired) electrons. The van der Waals surface area contributed by atoms with Crippen molar-refractivity contribution in [3.8, 4) is 5.75 Å². The molecule has 0 heterocycles. The van der Waals surface area contributed by atoms with Gasteiger partial charge >= 0.3 is 0 Å². The highest BCUT2D eigenvalue weighted by atomic mass is 16.3. The van der Waals surface area contributed by atoms with E-state index in [2.05, 4.69) is 6.42 Å². The first-order valence-corrected chi connectivity index (χ1v) is 3.48. The van der Waals surface area contributed by atoms with Gasteiger partial charge in [0, 0.05) is 0 Å². The fourth-order valence-electron chi connectivity index (χ4n) is 1.10. The Labute approximate surface area is 60.3 Å². The van der Waals surface area contributed by atoms with Crippen molar-refractivity contribution in [2.24, 2.45) is 0 Å². The molecule has 0 spiro atoms. The van der Waals surface area contributed by atoms with Crippen molar-refractivity contribution in [1.29, 1.82) is 0 Å². The summed E-state index contributed by atoms with van der Waals surface area (Å²) >= 11 is 0. The van der Waals surface area contributed by atoms with Crippen molar-refractivity contribution in [2.45, 2.75) is 12.3 Å². The zero-order valence-electron chi connectivity index (χ0n) is 5.62. The first-order valence-electron chi connectivity index (χ1n) is 3.48. The smallest absolute Gasteiger partial charge is 0.115 e. The predicted molar refractivity (Wildman–Crippen MR) is 39.8 cm³/mol. The average Bonchev–Trinajstić information content (AvgIpc) is 2.68. The molecule has 1 nitrogen and oxygen atoms in total. The number of phenols is 1. The van der Waals surface area contributed by atoms with Gasteiger partial charge in [-0.1, -0.05) is 12.1 Å². The van der Waals surface area contributed by atoms with Crippen LogP contribution < -0.4 is 0 Å². The molecule has 0 aliphatic heterocycles. The molecule has 0 saturated heterocycles. The summed E-state index contributed by atoms with van der Waals surface area (Å²) in [6, 6.07) is 7.46. The Morgan fingerprint density at radius 1 is 1.40 bits per heavy atom. The number of benzene rings is 1. The van der Waals surface area contributed by atoms with Crippen LogP contribution in [0.2, 0.25) is 0 Å². The topological polar surface area (TPSA) is 20.2 Å². The van der Waals surface area contributed by atoms with E-state index in [0.717, 1.165) is 0 Å². The molecule has 1 saturated carbocycles. The largest absolute Gasteiger partial charge is 0.508 e. The van der Waals surface area contributed by atoms with Crippen LogP contribution in [-0.2, 0) is 0 Å². The maximum atomic E-state index is 9.08. The second-order valence-electron chi connectivity index (χ2n) is 2.67. The van der Waals surface area contributed by atoms with Gasteiger partial charge in [-0.2, -0.15) is 0 Å². The minimum Gasteiger partial charge on any atom is -0.508 e. The number of hydrogen-bond acceptors (Lipinski definition) is 1. The molecular formula is C9H9O. The zero-order chi connectivity index (χ0) is 6.97. The van der Waals surface area contributed by atoms with E-state index in [4.69, 9.17) is 5.11 Å². The number of rotatable bonds is 1. The number of aromatic hydroxyl groups is 1. The average molecular weight is 133 g/mol. The van der Waals surface area contributed by atoms with Gasteiger partial charge in [0.25, 0.3) is 0 Å². The summed E-state index contributed by atoms with van der Waals surface area (Å²) in [6.45, 7) is 0. The van der Waals surface area contributed by atoms with Crippen molar-refractivity contribution in [1.82, 2.24) is 0 Å². The quantitative estimate of drug-likeness (QED) is 0.621. The summed E-state index contributed by atoms with van der Waals surface area (Å²) in [5, 5.41) is 9.08. The van der Waals surface area contributed by atoms with E-state index in [-0.39, 0.29) is 0 Å². The van der Waals surface area contributed by atoms with Crippen LogP contribution in [0.15, 0.2) is 24.3 Å². The lowest BCUT2D eigenvalue weighted by Gasteiger charge is -1.96. The van der Waals surface area contributed by atoms with E-state index >= 15 is 0 Å². The van der Waals surface area contributed by atoms with Crippen molar-refractivity contribution in [3.63, 3.8) is 0 Å². The minimum absolute atomic E-state index is 0.373. The maximum Gasteiger partial charge on any atom is 0.115 e. The lowest BCUT2D eigenvalue weighted by molar-refractivity contribution is 0.474. The Morgan fingerprint density at radius 3 is 2.80 bits per heavy atom. The highest BCUT2D eigenvalue weighted by Gasteiger charge is 2.23. The molecule has 1 N–H and O–H groups in total. The van der Waals surface area contributed by atoms with Crippen LogP contribution in [0.25, 0.3) is 0 Å². The summed E-state index contributed by atoms with van der Waals surface area (Å²) in [6.07, 6.45) is 3.40. The lowest BCUT2D eigenvalue weighted by atomic mass is 10.1. The van der Waals surface area contributed by atoms with Crippen LogP contribution in [0.3, 0.4) is 0 Å². The predicted octanol–water partition coefficient (Wildman–Crippen LogP) is 2.08. The Kier molecular flexibility index (Phi) is 1.16. The van der Waals surface area contributed by atoms with Crippen LogP contribution in [-0.4, -0.2) is 5.11 Å². The van der Waals surface area contributed by atoms with E-state index < -0.39 is 0 Å². The van der Waals surface area contributed by atoms with Gasteiger partial charge in [0.05, 0.1) is 0 Å². The molecule has 1 atom stereocenters. The van der Waals surface area contributed by atoms with Crippen LogP contribution in [0.4, 0.5) is 0 Å². The fraction of sp³-hybridized carbons (Fsp3) is 0.222. The van der Waals surface area contributed by atoms with Gasteiger partial charge in [-0.15, -0.1) is 0 Å². The molecule has 1 heteroatoms. The molecule has 1 aromatic carbocycles. The van der Waals surface area contributed by atoms with Gasteiger partial charge < -0.3 is 5.11 Å². The molecule has 1 aliphatic rings. The third-order valence-electron chi connectivity index (χ3n) is 1.77. The molecule has 1 aromatic rings. The van der Waals surface area contributed by atoms with Crippen molar-refractivity contribution < 1.29 is 5.11 Å². The molecular weight excluding hydrogens is 124 g/mol. The fourth-order valence-corrected chi connectivity index (χ4v) is 1.10. The monoisotopic (exact) mass is 133 g/mol. The van der Waals surface area contributed by atoms with Crippen LogP contribution >= 0.6 is 0 Å². The van der Waals surface area contributed by atoms with E-state index in [0.29, 0.717) is 11.7 Å². The Balaban J connectivity index is 2.32. The first kappa shape index (κ1) is 5.78. The molecule has 10 heavy (non-hydrogen) atoms. The standard InChI is InChI=1S/C9H9O/c10-9-3-1-2-8(6-9)7-4-5-7/h1-4,6-7,10H,5H2. The van der Waals surface area contributed by atoms with Gasteiger partial charge in [-0.25, -0.2) is 0 Å². The van der Waals surface area contributed by atoms with Gasteiger partial charge in [0.2, 0.25) is 0 Å². The maximum absolute atomic E-state index is 9.08. The molecule has 51 valence electrons. The van der Waals surface area contributed by atoms with Crippen molar-refractivity contribution in [3.05, 3.63) is 36.2 Å². The molecule has 1 unspecified atom stereocenters. The van der Waals surface area contributed by atoms with Gasteiger partial charge in [-0.05, 0) is 36.5 Å². The number of phenolic OH excluding ortho intramolecular Hbond substituents is 1. The minimum atomic E-state index is 0.373. The third-order valence-corrected chi connectivity index (χ3v) is 1.77. The normalized spacial score (nSPS) is 17.2. The van der Waals surface area contributed by atoms with E-state index in [1.807, 2.05) is 18.2 Å². The van der Waals surface area contributed by atoms with Crippen LogP contribution in [0.1, 0.15) is 17.9 Å². The Hall–Kier alpha value is -0.980. The second-order valence-corrected chi connectivity index (χ2v) is 2.67. The summed E-state index contributed by atoms with van der Waals surface area (Å²) < 4.78 is 0. The molecule has 0 aromatic heterocycles. The highest BCUT2D eigenvalue weighted by Crippen LogP contribution is 2.39. The van der Waals surface area contributed by atoms with E-state index in [1.165, 1.54) is 12.0 Å². The van der Waals surface area contributed by atoms with Gasteiger partial charge in [-0.3, -0.25) is 0 Å². The van der Waals surface area contributed by atoms with Crippen molar-refractivity contribution in [2.75, 3.05) is 0 Å². The molecule has 1 fully saturated rings. The van der Waals surface area contributed by atoms with Crippen molar-refractivity contribution >= 4 is 0 Å². The lowest BCUT2D eigenvalue weighted by Crippen LogP contribution is -1.75. The van der Waals surface area contributed by atoms with Crippen LogP contribution in [0, 0.1) is 6.42 Å². The summed E-state index contributed by atoms with van der Waals surface area (Å²) in [4.78, 5) is 0. The van der Waals surface area contributed by atoms with Gasteiger partial charge in [0.15, 0.2) is 0 Å².